The van der Waals surface area contributed by atoms with Gasteiger partial charge in [-0.2, -0.15) is 0 Å². The van der Waals surface area contributed by atoms with Crippen LogP contribution in [-0.2, 0) is 4.79 Å². The van der Waals surface area contributed by atoms with Crippen LogP contribution in [0, 0.1) is 10.1 Å². The maximum Gasteiger partial charge on any atom is 0.289 e. The van der Waals surface area contributed by atoms with E-state index in [0.717, 1.165) is 43.6 Å². The number of nitrogens with zero attached hydrogens (tertiary/aromatic N) is 4. The lowest BCUT2D eigenvalue weighted by Gasteiger charge is -2.37. The van der Waals surface area contributed by atoms with Gasteiger partial charge in [-0.3, -0.25) is 29.5 Å². The minimum absolute atomic E-state index is 0.0796. The molecule has 0 unspecified atom stereocenters. The average Bonchev–Trinajstić information content (AvgIpc) is 2.87. The van der Waals surface area contributed by atoms with E-state index in [0.29, 0.717) is 6.67 Å². The van der Waals surface area contributed by atoms with Gasteiger partial charge in [0, 0.05) is 44.0 Å². The van der Waals surface area contributed by atoms with Crippen LogP contribution in [0.25, 0.3) is 0 Å². The Kier molecular flexibility index (Phi) is 4.49. The molecule has 2 aliphatic heterocycles. The van der Waals surface area contributed by atoms with Crippen LogP contribution in [0.3, 0.4) is 0 Å². The molecule has 0 N–H and O–H groups in total. The summed E-state index contributed by atoms with van der Waals surface area (Å²) in [5.74, 6) is 0.111. The van der Waals surface area contributed by atoms with Gasteiger partial charge in [-0.15, -0.1) is 0 Å². The van der Waals surface area contributed by atoms with E-state index >= 15 is 0 Å². The van der Waals surface area contributed by atoms with Crippen molar-refractivity contribution in [1.82, 2.24) is 9.80 Å². The Morgan fingerprint density at radius 1 is 1.09 bits per heavy atom. The SMILES string of the molecule is O=C1CSC(=O)N1CN1CCN(c2ccc([N+](=O)[O-])cc2)CC1. The number of benzene rings is 1. The summed E-state index contributed by atoms with van der Waals surface area (Å²) >= 11 is 1.05. The maximum atomic E-state index is 11.6. The average molecular weight is 336 g/mol. The summed E-state index contributed by atoms with van der Waals surface area (Å²) in [6.07, 6.45) is 0. The van der Waals surface area contributed by atoms with Gasteiger partial charge >= 0.3 is 0 Å². The number of carbonyl (C=O) groups is 2. The molecule has 0 bridgehead atoms. The zero-order valence-electron chi connectivity index (χ0n) is 12.4. The number of piperazine rings is 1. The third-order valence-corrected chi connectivity index (χ3v) is 4.84. The molecule has 2 amide bonds. The topological polar surface area (TPSA) is 87.0 Å². The number of nitro groups is 1. The normalized spacial score (nSPS) is 19.5. The number of imide groups is 1. The van der Waals surface area contributed by atoms with Gasteiger partial charge in [0.15, 0.2) is 0 Å². The van der Waals surface area contributed by atoms with Crippen molar-refractivity contribution in [2.45, 2.75) is 0 Å². The van der Waals surface area contributed by atoms with Gasteiger partial charge < -0.3 is 4.90 Å². The zero-order valence-corrected chi connectivity index (χ0v) is 13.2. The van der Waals surface area contributed by atoms with E-state index in [-0.39, 0.29) is 22.6 Å². The van der Waals surface area contributed by atoms with E-state index in [2.05, 4.69) is 9.80 Å². The minimum Gasteiger partial charge on any atom is -0.369 e. The first-order valence-electron chi connectivity index (χ1n) is 7.23. The van der Waals surface area contributed by atoms with Gasteiger partial charge in [-0.1, -0.05) is 11.8 Å². The van der Waals surface area contributed by atoms with Crippen LogP contribution in [0.5, 0.6) is 0 Å². The molecule has 9 heteroatoms. The number of non-ortho nitro benzene ring substituents is 1. The van der Waals surface area contributed by atoms with E-state index in [1.807, 2.05) is 0 Å². The minimum atomic E-state index is -0.413. The van der Waals surface area contributed by atoms with Crippen LogP contribution in [0.4, 0.5) is 16.2 Å². The Hall–Kier alpha value is -2.13. The molecule has 1 aromatic carbocycles. The number of hydrogen-bond donors (Lipinski definition) is 0. The molecule has 0 radical (unpaired) electrons. The summed E-state index contributed by atoms with van der Waals surface area (Å²) in [5.41, 5.74) is 1.02. The quantitative estimate of drug-likeness (QED) is 0.606. The van der Waals surface area contributed by atoms with Crippen LogP contribution >= 0.6 is 11.8 Å². The molecular weight excluding hydrogens is 320 g/mol. The molecule has 2 aliphatic rings. The van der Waals surface area contributed by atoms with Gasteiger partial charge in [-0.25, -0.2) is 0 Å². The van der Waals surface area contributed by atoms with E-state index in [4.69, 9.17) is 0 Å². The van der Waals surface area contributed by atoms with Gasteiger partial charge in [0.2, 0.25) is 5.91 Å². The lowest BCUT2D eigenvalue weighted by Crippen LogP contribution is -2.51. The molecule has 0 spiro atoms. The highest BCUT2D eigenvalue weighted by Crippen LogP contribution is 2.22. The Balaban J connectivity index is 1.55. The summed E-state index contributed by atoms with van der Waals surface area (Å²) in [6, 6.07) is 6.50. The second-order valence-electron chi connectivity index (χ2n) is 5.40. The molecule has 2 heterocycles. The lowest BCUT2D eigenvalue weighted by molar-refractivity contribution is -0.384. The predicted molar refractivity (Wildman–Crippen MR) is 86.4 cm³/mol. The molecule has 0 atom stereocenters. The Morgan fingerprint density at radius 3 is 2.26 bits per heavy atom. The molecule has 3 rings (SSSR count). The first-order chi connectivity index (χ1) is 11.0. The molecule has 0 aliphatic carbocycles. The highest BCUT2D eigenvalue weighted by atomic mass is 32.2. The van der Waals surface area contributed by atoms with Crippen LogP contribution in [0.15, 0.2) is 24.3 Å². The molecule has 23 heavy (non-hydrogen) atoms. The second kappa shape index (κ2) is 6.55. The molecule has 122 valence electrons. The van der Waals surface area contributed by atoms with Crippen molar-refractivity contribution in [2.75, 3.05) is 43.5 Å². The predicted octanol–water partition coefficient (Wildman–Crippen LogP) is 1.37. The molecular formula is C14H16N4O4S. The van der Waals surface area contributed by atoms with Gasteiger partial charge in [0.25, 0.3) is 10.9 Å². The Bertz CT molecular complexity index is 612. The van der Waals surface area contributed by atoms with Gasteiger partial charge in [0.1, 0.15) is 0 Å². The second-order valence-corrected chi connectivity index (χ2v) is 6.32. The van der Waals surface area contributed by atoms with Crippen LogP contribution in [0.1, 0.15) is 0 Å². The van der Waals surface area contributed by atoms with E-state index < -0.39 is 4.92 Å². The first-order valence-corrected chi connectivity index (χ1v) is 8.22. The number of anilines is 1. The monoisotopic (exact) mass is 336 g/mol. The summed E-state index contributed by atoms with van der Waals surface area (Å²) < 4.78 is 0. The smallest absolute Gasteiger partial charge is 0.289 e. The van der Waals surface area contributed by atoms with Crippen LogP contribution in [-0.4, -0.2) is 64.5 Å². The number of hydrogen-bond acceptors (Lipinski definition) is 7. The molecule has 0 saturated carbocycles. The summed E-state index contributed by atoms with van der Waals surface area (Å²) in [4.78, 5) is 39.0. The van der Waals surface area contributed by atoms with Crippen LogP contribution < -0.4 is 4.90 Å². The van der Waals surface area contributed by atoms with Crippen molar-refractivity contribution in [2.24, 2.45) is 0 Å². The molecule has 2 saturated heterocycles. The lowest BCUT2D eigenvalue weighted by atomic mass is 10.2. The number of nitro benzene ring substituents is 1. The van der Waals surface area contributed by atoms with Crippen molar-refractivity contribution in [3.05, 3.63) is 34.4 Å². The summed E-state index contributed by atoms with van der Waals surface area (Å²) in [7, 11) is 0. The number of carbonyl (C=O) groups excluding carboxylic acids is 2. The maximum absolute atomic E-state index is 11.6. The summed E-state index contributed by atoms with van der Waals surface area (Å²) in [6.45, 7) is 3.32. The van der Waals surface area contributed by atoms with E-state index in [9.17, 15) is 19.7 Å². The number of amides is 2. The molecule has 8 nitrogen and oxygen atoms in total. The molecule has 1 aromatic rings. The zero-order chi connectivity index (χ0) is 16.4. The van der Waals surface area contributed by atoms with Crippen molar-refractivity contribution in [3.63, 3.8) is 0 Å². The standard InChI is InChI=1S/C14H16N4O4S/c19-13-9-23-14(20)17(13)10-15-5-7-16(8-6-15)11-1-3-12(4-2-11)18(21)22/h1-4H,5-10H2. The molecule has 0 aromatic heterocycles. The largest absolute Gasteiger partial charge is 0.369 e. The third-order valence-electron chi connectivity index (χ3n) is 3.98. The van der Waals surface area contributed by atoms with E-state index in [1.54, 1.807) is 12.1 Å². The highest BCUT2D eigenvalue weighted by Gasteiger charge is 2.32. The van der Waals surface area contributed by atoms with Crippen molar-refractivity contribution >= 4 is 34.3 Å². The summed E-state index contributed by atoms with van der Waals surface area (Å²) in [5, 5.41) is 10.5. The fourth-order valence-corrected chi connectivity index (χ4v) is 3.37. The fourth-order valence-electron chi connectivity index (χ4n) is 2.65. The highest BCUT2D eigenvalue weighted by molar-refractivity contribution is 8.14. The van der Waals surface area contributed by atoms with Gasteiger partial charge in [-0.05, 0) is 12.1 Å². The van der Waals surface area contributed by atoms with Gasteiger partial charge in [0.05, 0.1) is 17.3 Å². The van der Waals surface area contributed by atoms with Crippen molar-refractivity contribution in [3.8, 4) is 0 Å². The Labute approximate surface area is 137 Å². The third kappa shape index (κ3) is 3.45. The van der Waals surface area contributed by atoms with Crippen molar-refractivity contribution in [1.29, 1.82) is 0 Å². The van der Waals surface area contributed by atoms with Crippen LogP contribution in [0.2, 0.25) is 0 Å². The Morgan fingerprint density at radius 2 is 1.74 bits per heavy atom. The fraction of sp³-hybridized carbons (Fsp3) is 0.429. The van der Waals surface area contributed by atoms with Crippen molar-refractivity contribution < 1.29 is 14.5 Å². The van der Waals surface area contributed by atoms with E-state index in [1.165, 1.54) is 17.0 Å². The number of rotatable bonds is 4. The molecule has 2 fully saturated rings. The number of thioether (sulfide) groups is 1. The first kappa shape index (κ1) is 15.8.